The molecule has 1 fully saturated rings. The number of nitrogens with zero attached hydrogens (tertiary/aromatic N) is 5. The zero-order chi connectivity index (χ0) is 22.4. The van der Waals surface area contributed by atoms with Crippen LogP contribution in [0.4, 0.5) is 4.79 Å². The summed E-state index contributed by atoms with van der Waals surface area (Å²) in [7, 11) is 0. The number of hydroxylamine groups is 2. The van der Waals surface area contributed by atoms with Crippen molar-refractivity contribution in [3.05, 3.63) is 65.5 Å². The summed E-state index contributed by atoms with van der Waals surface area (Å²) in [5, 5.41) is 20.2. The number of nitriles is 1. The Morgan fingerprint density at radius 2 is 1.87 bits per heavy atom. The first-order valence-corrected chi connectivity index (χ1v) is 10.1. The molecule has 0 aliphatic carbocycles. The van der Waals surface area contributed by atoms with E-state index >= 15 is 0 Å². The number of carbonyl (C=O) groups excluding carboxylic acids is 2. The number of piperazine rings is 1. The predicted molar refractivity (Wildman–Crippen MR) is 112 cm³/mol. The first kappa shape index (κ1) is 22.2. The summed E-state index contributed by atoms with van der Waals surface area (Å²) in [6.07, 6.45) is 1.61. The van der Waals surface area contributed by atoms with Crippen LogP contribution in [0.15, 0.2) is 48.7 Å². The minimum absolute atomic E-state index is 0.0904. The van der Waals surface area contributed by atoms with Gasteiger partial charge in [-0.1, -0.05) is 36.4 Å². The first-order chi connectivity index (χ1) is 14.9. The number of rotatable bonds is 6. The van der Waals surface area contributed by atoms with Crippen molar-refractivity contribution in [3.8, 4) is 6.07 Å². The van der Waals surface area contributed by atoms with Crippen LogP contribution >= 0.6 is 0 Å². The standard InChI is InChI=1S/C22H26N6O3/c1-16-18(8-5-9-25-16)20(15-23)26-10-12-27(13-11-26)21(29)14-19(28(31)22(24)30)17-6-3-2-4-7-17/h2-9,19-20,31H,10-14H2,1H3,(H2,24,30). The van der Waals surface area contributed by atoms with Crippen molar-refractivity contribution < 1.29 is 14.8 Å². The third kappa shape index (κ3) is 5.17. The maximum Gasteiger partial charge on any atom is 0.339 e. The summed E-state index contributed by atoms with van der Waals surface area (Å²) in [6.45, 7) is 3.84. The maximum absolute atomic E-state index is 12.9. The van der Waals surface area contributed by atoms with Crippen LogP contribution in [-0.2, 0) is 4.79 Å². The number of nitrogens with two attached hydrogens (primary N) is 1. The van der Waals surface area contributed by atoms with E-state index in [1.165, 1.54) is 0 Å². The summed E-state index contributed by atoms with van der Waals surface area (Å²) < 4.78 is 0. The summed E-state index contributed by atoms with van der Waals surface area (Å²) in [5.74, 6) is -0.195. The Labute approximate surface area is 181 Å². The van der Waals surface area contributed by atoms with E-state index in [-0.39, 0.29) is 12.3 Å². The number of carbonyl (C=O) groups is 2. The molecule has 3 rings (SSSR count). The molecule has 9 heteroatoms. The summed E-state index contributed by atoms with van der Waals surface area (Å²) >= 11 is 0. The first-order valence-electron chi connectivity index (χ1n) is 10.1. The van der Waals surface area contributed by atoms with Crippen molar-refractivity contribution in [1.82, 2.24) is 19.8 Å². The van der Waals surface area contributed by atoms with E-state index in [9.17, 15) is 20.1 Å². The molecule has 0 spiro atoms. The number of amides is 3. The molecule has 0 bridgehead atoms. The molecule has 2 unspecified atom stereocenters. The van der Waals surface area contributed by atoms with Gasteiger partial charge < -0.3 is 10.6 Å². The molecule has 1 aromatic heterocycles. The number of hydrogen-bond acceptors (Lipinski definition) is 6. The SMILES string of the molecule is Cc1ncccc1C(C#N)N1CCN(C(=O)CC(c2ccccc2)N(O)C(N)=O)CC1. The molecule has 3 amide bonds. The molecule has 2 atom stereocenters. The highest BCUT2D eigenvalue weighted by Crippen LogP contribution is 2.26. The second-order valence-electron chi connectivity index (χ2n) is 7.44. The van der Waals surface area contributed by atoms with Crippen LogP contribution in [0.2, 0.25) is 0 Å². The van der Waals surface area contributed by atoms with Crippen LogP contribution in [-0.4, -0.2) is 63.2 Å². The van der Waals surface area contributed by atoms with Gasteiger partial charge in [0.2, 0.25) is 5.91 Å². The Hall–Kier alpha value is -3.48. The molecule has 162 valence electrons. The molecule has 1 aliphatic rings. The largest absolute Gasteiger partial charge is 0.350 e. The minimum atomic E-state index is -1.02. The van der Waals surface area contributed by atoms with E-state index < -0.39 is 18.1 Å². The van der Waals surface area contributed by atoms with Crippen molar-refractivity contribution in [3.63, 3.8) is 0 Å². The zero-order valence-electron chi connectivity index (χ0n) is 17.4. The van der Waals surface area contributed by atoms with Crippen LogP contribution in [0.25, 0.3) is 0 Å². The number of aryl methyl sites for hydroxylation is 1. The molecule has 2 aromatic rings. The van der Waals surface area contributed by atoms with Gasteiger partial charge in [-0.3, -0.25) is 19.9 Å². The van der Waals surface area contributed by atoms with Crippen LogP contribution in [0.3, 0.4) is 0 Å². The van der Waals surface area contributed by atoms with Crippen LogP contribution in [0, 0.1) is 18.3 Å². The van der Waals surface area contributed by atoms with Crippen molar-refractivity contribution in [2.24, 2.45) is 5.73 Å². The number of pyridine rings is 1. The van der Waals surface area contributed by atoms with E-state index in [1.807, 2.05) is 30.0 Å². The van der Waals surface area contributed by atoms with Gasteiger partial charge in [-0.15, -0.1) is 0 Å². The molecule has 1 saturated heterocycles. The highest BCUT2D eigenvalue weighted by molar-refractivity contribution is 5.78. The molecular weight excluding hydrogens is 396 g/mol. The van der Waals surface area contributed by atoms with Crippen molar-refractivity contribution in [2.75, 3.05) is 26.2 Å². The number of hydrogen-bond donors (Lipinski definition) is 2. The summed E-state index contributed by atoms with van der Waals surface area (Å²) in [4.78, 5) is 32.4. The normalized spacial score (nSPS) is 16.2. The molecule has 31 heavy (non-hydrogen) atoms. The van der Waals surface area contributed by atoms with Gasteiger partial charge in [0.1, 0.15) is 6.04 Å². The van der Waals surface area contributed by atoms with E-state index in [2.05, 4.69) is 11.1 Å². The van der Waals surface area contributed by atoms with Gasteiger partial charge in [-0.05, 0) is 18.6 Å². The third-order valence-electron chi connectivity index (χ3n) is 5.57. The number of urea groups is 1. The molecule has 1 aromatic carbocycles. The van der Waals surface area contributed by atoms with E-state index in [0.29, 0.717) is 36.8 Å². The van der Waals surface area contributed by atoms with E-state index in [0.717, 1.165) is 11.3 Å². The molecule has 1 aliphatic heterocycles. The summed E-state index contributed by atoms with van der Waals surface area (Å²) in [6, 6.07) is 12.6. The quantitative estimate of drug-likeness (QED) is 0.541. The smallest absolute Gasteiger partial charge is 0.339 e. The lowest BCUT2D eigenvalue weighted by molar-refractivity contribution is -0.139. The molecule has 0 saturated carbocycles. The van der Waals surface area contributed by atoms with Crippen LogP contribution < -0.4 is 5.73 Å². The van der Waals surface area contributed by atoms with Gasteiger partial charge in [0.05, 0.1) is 18.5 Å². The van der Waals surface area contributed by atoms with Gasteiger partial charge in [0.15, 0.2) is 0 Å². The topological polar surface area (TPSA) is 127 Å². The monoisotopic (exact) mass is 422 g/mol. The number of aromatic nitrogens is 1. The second-order valence-corrected chi connectivity index (χ2v) is 7.44. The lowest BCUT2D eigenvalue weighted by atomic mass is 10.0. The van der Waals surface area contributed by atoms with Crippen LogP contribution in [0.1, 0.15) is 35.3 Å². The van der Waals surface area contributed by atoms with Crippen molar-refractivity contribution in [1.29, 1.82) is 5.26 Å². The van der Waals surface area contributed by atoms with Crippen molar-refractivity contribution >= 4 is 11.9 Å². The number of benzene rings is 1. The Kier molecular flexibility index (Phi) is 7.18. The lowest BCUT2D eigenvalue weighted by Gasteiger charge is -2.38. The fraction of sp³-hybridized carbons (Fsp3) is 0.364. The molecular formula is C22H26N6O3. The average Bonchev–Trinajstić information content (AvgIpc) is 2.79. The Morgan fingerprint density at radius 3 is 2.45 bits per heavy atom. The second kappa shape index (κ2) is 10.0. The molecule has 2 heterocycles. The molecule has 0 radical (unpaired) electrons. The van der Waals surface area contributed by atoms with E-state index in [1.54, 1.807) is 35.4 Å². The van der Waals surface area contributed by atoms with Crippen molar-refractivity contribution in [2.45, 2.75) is 25.4 Å². The fourth-order valence-corrected chi connectivity index (χ4v) is 3.83. The molecule has 9 nitrogen and oxygen atoms in total. The Morgan fingerprint density at radius 1 is 1.19 bits per heavy atom. The fourth-order valence-electron chi connectivity index (χ4n) is 3.83. The lowest BCUT2D eigenvalue weighted by Crippen LogP contribution is -2.50. The predicted octanol–water partition coefficient (Wildman–Crippen LogP) is 2.00. The minimum Gasteiger partial charge on any atom is -0.350 e. The van der Waals surface area contributed by atoms with Crippen LogP contribution in [0.5, 0.6) is 0 Å². The maximum atomic E-state index is 12.9. The van der Waals surface area contributed by atoms with Gasteiger partial charge in [0, 0.05) is 43.6 Å². The highest BCUT2D eigenvalue weighted by Gasteiger charge is 2.31. The highest BCUT2D eigenvalue weighted by atomic mass is 16.5. The Balaban J connectivity index is 1.66. The number of primary amides is 1. The molecule has 3 N–H and O–H groups in total. The van der Waals surface area contributed by atoms with E-state index in [4.69, 9.17) is 5.73 Å². The Bertz CT molecular complexity index is 953. The summed E-state index contributed by atoms with van der Waals surface area (Å²) in [5.41, 5.74) is 7.53. The average molecular weight is 422 g/mol. The van der Waals surface area contributed by atoms with Gasteiger partial charge in [-0.25, -0.2) is 4.79 Å². The zero-order valence-corrected chi connectivity index (χ0v) is 17.4. The van der Waals surface area contributed by atoms with Gasteiger partial charge in [0.25, 0.3) is 0 Å². The third-order valence-corrected chi connectivity index (χ3v) is 5.57. The van der Waals surface area contributed by atoms with Gasteiger partial charge >= 0.3 is 6.03 Å². The van der Waals surface area contributed by atoms with Gasteiger partial charge in [-0.2, -0.15) is 10.3 Å².